The molecule has 0 amide bonds. The van der Waals surface area contributed by atoms with Gasteiger partial charge in [-0.05, 0) is 28.3 Å². The van der Waals surface area contributed by atoms with Crippen LogP contribution in [0.25, 0.3) is 11.6 Å². The minimum absolute atomic E-state index is 0.0545. The Morgan fingerprint density at radius 1 is 0.692 bits per heavy atom. The minimum atomic E-state index is -0.452. The van der Waals surface area contributed by atoms with Crippen LogP contribution in [0.1, 0.15) is 44.6 Å². The van der Waals surface area contributed by atoms with Crippen molar-refractivity contribution in [1.29, 1.82) is 10.5 Å². The van der Waals surface area contributed by atoms with E-state index >= 15 is 0 Å². The van der Waals surface area contributed by atoms with Crippen LogP contribution < -0.4 is 4.90 Å². The maximum Gasteiger partial charge on any atom is 0.221 e. The number of allylic oxidation sites excluding steroid dienone is 1. The predicted octanol–water partition coefficient (Wildman–Crippen LogP) is 5.76. The van der Waals surface area contributed by atoms with Gasteiger partial charge in [-0.3, -0.25) is 9.69 Å². The molecule has 1 unspecified atom stereocenters. The van der Waals surface area contributed by atoms with Gasteiger partial charge < -0.3 is 0 Å². The van der Waals surface area contributed by atoms with Gasteiger partial charge in [0.05, 0.1) is 18.0 Å². The van der Waals surface area contributed by atoms with Gasteiger partial charge in [-0.15, -0.1) is 0 Å². The number of hydrogen-bond donors (Lipinski definition) is 1. The van der Waals surface area contributed by atoms with E-state index in [0.29, 0.717) is 11.1 Å². The summed E-state index contributed by atoms with van der Waals surface area (Å²) >= 11 is 0. The van der Waals surface area contributed by atoms with Crippen LogP contribution in [0.4, 0.5) is 0 Å². The fourth-order valence-electron chi connectivity index (χ4n) is 6.52. The summed E-state index contributed by atoms with van der Waals surface area (Å²) in [6, 6.07) is 41.3. The molecule has 1 N–H and O–H groups in total. The number of nitrogens with one attached hydrogen (secondary N) is 1. The Hall–Kier alpha value is -5.03. The predicted molar refractivity (Wildman–Crippen MR) is 151 cm³/mol. The fourth-order valence-corrected chi connectivity index (χ4v) is 6.52. The van der Waals surface area contributed by atoms with Gasteiger partial charge in [0, 0.05) is 11.1 Å². The number of quaternary nitrogens is 1. The van der Waals surface area contributed by atoms with E-state index in [-0.39, 0.29) is 29.2 Å². The van der Waals surface area contributed by atoms with Gasteiger partial charge in [-0.1, -0.05) is 115 Å². The molecule has 0 aromatic heterocycles. The van der Waals surface area contributed by atoms with E-state index in [4.69, 9.17) is 0 Å². The number of carbonyl (C=O) groups excluding carboxylic acids is 1. The summed E-state index contributed by atoms with van der Waals surface area (Å²) in [4.78, 5) is 15.4. The summed E-state index contributed by atoms with van der Waals surface area (Å²) in [5.74, 6) is -0.525. The molecule has 0 saturated carbocycles. The van der Waals surface area contributed by atoms with Crippen LogP contribution in [-0.4, -0.2) is 11.8 Å². The van der Waals surface area contributed by atoms with Crippen molar-refractivity contribution in [3.8, 4) is 12.1 Å². The van der Waals surface area contributed by atoms with Crippen molar-refractivity contribution in [3.05, 3.63) is 155 Å². The first-order valence-electron chi connectivity index (χ1n) is 13.1. The molecule has 2 aliphatic heterocycles. The largest absolute Gasteiger partial charge is 0.292 e. The molecule has 6 rings (SSSR count). The Morgan fingerprint density at radius 3 is 1.90 bits per heavy atom. The second-order valence-corrected chi connectivity index (χ2v) is 9.99. The first-order valence-corrected chi connectivity index (χ1v) is 13.1. The van der Waals surface area contributed by atoms with Crippen molar-refractivity contribution in [3.63, 3.8) is 0 Å². The van der Waals surface area contributed by atoms with E-state index in [9.17, 15) is 15.3 Å². The molecule has 0 spiro atoms. The number of nitriles is 2. The van der Waals surface area contributed by atoms with Crippen LogP contribution in [0.3, 0.4) is 0 Å². The molecule has 5 atom stereocenters. The Kier molecular flexibility index (Phi) is 6.47. The lowest BCUT2D eigenvalue weighted by Gasteiger charge is -2.30. The van der Waals surface area contributed by atoms with Gasteiger partial charge >= 0.3 is 0 Å². The Bertz CT molecular complexity index is 1640. The van der Waals surface area contributed by atoms with Crippen molar-refractivity contribution < 1.29 is 9.69 Å². The van der Waals surface area contributed by atoms with Crippen molar-refractivity contribution in [2.45, 2.75) is 18.0 Å². The zero-order valence-electron chi connectivity index (χ0n) is 21.2. The number of fused-ring (bicyclic) bond motifs is 3. The molecule has 2 heterocycles. The SMILES string of the molecule is N#CC(C#N)=C(c1ccccc1)[C@H]1[C@H](c2ccccc2)[C@@H](C(=O)c2ccccc2)[NH+]2C=Cc3ccccc3[C@H]12. The summed E-state index contributed by atoms with van der Waals surface area (Å²) in [6.45, 7) is 0. The average Bonchev–Trinajstić information content (AvgIpc) is 3.36. The molecule has 39 heavy (non-hydrogen) atoms. The standard InChI is InChI=1S/C35H25N3O/c36-22-28(23-37)30(25-13-4-1-5-14-25)32-31(26-15-6-2-7-16-26)34(35(39)27-17-8-3-9-18-27)38-21-20-24-12-10-11-19-29(24)33(32)38/h1-21,31-34H/p+1/t31-,32-,33+,34-/m0/s1. The second-order valence-electron chi connectivity index (χ2n) is 9.99. The number of rotatable bonds is 5. The molecule has 0 aliphatic carbocycles. The van der Waals surface area contributed by atoms with Gasteiger partial charge in [0.1, 0.15) is 23.8 Å². The van der Waals surface area contributed by atoms with Crippen molar-refractivity contribution in [1.82, 2.24) is 0 Å². The van der Waals surface area contributed by atoms with E-state index in [1.807, 2.05) is 91.0 Å². The highest BCUT2D eigenvalue weighted by molar-refractivity contribution is 6.00. The Labute approximate surface area is 228 Å². The molecule has 4 aromatic carbocycles. The number of benzene rings is 4. The quantitative estimate of drug-likeness (QED) is 0.277. The van der Waals surface area contributed by atoms with Crippen LogP contribution >= 0.6 is 0 Å². The van der Waals surface area contributed by atoms with E-state index < -0.39 is 6.04 Å². The lowest BCUT2D eigenvalue weighted by Crippen LogP contribution is -3.11. The Balaban J connectivity index is 1.67. The normalized spacial score (nSPS) is 22.6. The summed E-state index contributed by atoms with van der Waals surface area (Å²) < 4.78 is 0. The van der Waals surface area contributed by atoms with Crippen LogP contribution in [0.15, 0.2) is 127 Å². The Morgan fingerprint density at radius 2 is 1.26 bits per heavy atom. The second kappa shape index (κ2) is 10.4. The molecule has 1 saturated heterocycles. The summed E-state index contributed by atoms with van der Waals surface area (Å²) in [7, 11) is 0. The molecule has 4 nitrogen and oxygen atoms in total. The van der Waals surface area contributed by atoms with Gasteiger partial charge in [-0.25, -0.2) is 0 Å². The molecular weight excluding hydrogens is 478 g/mol. The topological polar surface area (TPSA) is 69.1 Å². The lowest BCUT2D eigenvalue weighted by atomic mass is 9.71. The van der Waals surface area contributed by atoms with Gasteiger partial charge in [-0.2, -0.15) is 10.5 Å². The molecule has 4 heteroatoms. The van der Waals surface area contributed by atoms with E-state index in [0.717, 1.165) is 27.2 Å². The third kappa shape index (κ3) is 4.18. The molecule has 2 aliphatic rings. The van der Waals surface area contributed by atoms with E-state index in [1.165, 1.54) is 0 Å². The number of nitrogens with zero attached hydrogens (tertiary/aromatic N) is 2. The van der Waals surface area contributed by atoms with Crippen molar-refractivity contribution >= 4 is 17.4 Å². The van der Waals surface area contributed by atoms with Crippen LogP contribution in [0, 0.1) is 28.6 Å². The minimum Gasteiger partial charge on any atom is -0.292 e. The van der Waals surface area contributed by atoms with Crippen molar-refractivity contribution in [2.24, 2.45) is 5.92 Å². The average molecular weight is 505 g/mol. The summed E-state index contributed by atoms with van der Waals surface area (Å²) in [5.41, 5.74) is 5.52. The monoisotopic (exact) mass is 504 g/mol. The van der Waals surface area contributed by atoms with Gasteiger partial charge in [0.25, 0.3) is 0 Å². The fraction of sp³-hybridized carbons (Fsp3) is 0.114. The number of Topliss-reactive ketones (excluding diaryl/α,β-unsaturated/α-hetero) is 1. The van der Waals surface area contributed by atoms with Crippen LogP contribution in [-0.2, 0) is 0 Å². The van der Waals surface area contributed by atoms with Crippen LogP contribution in [0.2, 0.25) is 0 Å². The highest BCUT2D eigenvalue weighted by atomic mass is 16.1. The molecule has 0 radical (unpaired) electrons. The number of hydrogen-bond acceptors (Lipinski definition) is 3. The van der Waals surface area contributed by atoms with Gasteiger partial charge in [0.2, 0.25) is 5.78 Å². The molecule has 0 bridgehead atoms. The van der Waals surface area contributed by atoms with E-state index in [1.54, 1.807) is 0 Å². The first kappa shape index (κ1) is 24.3. The summed E-state index contributed by atoms with van der Waals surface area (Å²) in [5, 5.41) is 20.4. The molecule has 186 valence electrons. The van der Waals surface area contributed by atoms with Crippen molar-refractivity contribution in [2.75, 3.05) is 0 Å². The zero-order chi connectivity index (χ0) is 26.8. The van der Waals surface area contributed by atoms with Crippen LogP contribution in [0.5, 0.6) is 0 Å². The molecule has 1 fully saturated rings. The number of ketones is 1. The lowest BCUT2D eigenvalue weighted by molar-refractivity contribution is -0.883. The molecular formula is C35H26N3O+. The third-order valence-corrected chi connectivity index (χ3v) is 8.05. The smallest absolute Gasteiger partial charge is 0.221 e. The highest BCUT2D eigenvalue weighted by Crippen LogP contribution is 2.50. The maximum atomic E-state index is 14.4. The van der Waals surface area contributed by atoms with E-state index in [2.05, 4.69) is 48.7 Å². The number of carbonyl (C=O) groups is 1. The highest BCUT2D eigenvalue weighted by Gasteiger charge is 2.59. The summed E-state index contributed by atoms with van der Waals surface area (Å²) in [6.07, 6.45) is 4.20. The molecule has 4 aromatic rings. The maximum absolute atomic E-state index is 14.4. The van der Waals surface area contributed by atoms with Gasteiger partial charge in [0.15, 0.2) is 6.04 Å². The first-order chi connectivity index (χ1) is 19.2. The third-order valence-electron chi connectivity index (χ3n) is 8.05. The zero-order valence-corrected chi connectivity index (χ0v) is 21.2.